The average molecular weight is 422 g/mol. The number of carbonyl (C=O) groups is 2. The summed E-state index contributed by atoms with van der Waals surface area (Å²) in [6.45, 7) is 1.11. The van der Waals surface area contributed by atoms with Gasteiger partial charge in [0, 0.05) is 12.6 Å². The lowest BCUT2D eigenvalue weighted by Gasteiger charge is -2.11. The van der Waals surface area contributed by atoms with E-state index in [2.05, 4.69) is 10.6 Å². The fourth-order valence-corrected chi connectivity index (χ4v) is 3.45. The predicted octanol–water partition coefficient (Wildman–Crippen LogP) is 1.58. The fraction of sp³-hybridized carbons (Fsp3) is 0.167. The number of hydrogen-bond donors (Lipinski definition) is 3. The van der Waals surface area contributed by atoms with Crippen molar-refractivity contribution in [3.8, 4) is 5.75 Å². The zero-order chi connectivity index (χ0) is 20.7. The van der Waals surface area contributed by atoms with Crippen molar-refractivity contribution in [2.24, 2.45) is 0 Å². The molecule has 0 bridgehead atoms. The van der Waals surface area contributed by atoms with Crippen LogP contribution in [0.15, 0.2) is 53.4 Å². The number of ether oxygens (including phenoxy) is 1. The van der Waals surface area contributed by atoms with Gasteiger partial charge in [-0.1, -0.05) is 12.1 Å². The van der Waals surface area contributed by atoms with Gasteiger partial charge in [0.25, 0.3) is 10.0 Å². The molecule has 0 fully saturated rings. The van der Waals surface area contributed by atoms with Crippen LogP contribution in [-0.2, 0) is 26.0 Å². The van der Waals surface area contributed by atoms with Crippen molar-refractivity contribution in [1.82, 2.24) is 10.0 Å². The summed E-state index contributed by atoms with van der Waals surface area (Å²) in [5.41, 5.74) is 1.28. The molecule has 148 valence electrons. The monoisotopic (exact) mass is 421 g/mol. The summed E-state index contributed by atoms with van der Waals surface area (Å²) in [4.78, 5) is 22.9. The van der Waals surface area contributed by atoms with E-state index in [1.54, 1.807) is 31.4 Å². The van der Waals surface area contributed by atoms with Gasteiger partial charge in [0.05, 0.1) is 18.4 Å². The van der Waals surface area contributed by atoms with Gasteiger partial charge in [-0.3, -0.25) is 9.59 Å². The van der Waals surface area contributed by atoms with Gasteiger partial charge < -0.3 is 15.4 Å². The van der Waals surface area contributed by atoms with Crippen LogP contribution in [0, 0.1) is 0 Å². The zero-order valence-corrected chi connectivity index (χ0v) is 16.8. The molecule has 0 aromatic heterocycles. The van der Waals surface area contributed by atoms with E-state index in [4.69, 9.17) is 17.0 Å². The van der Waals surface area contributed by atoms with Gasteiger partial charge in [-0.05, 0) is 54.2 Å². The zero-order valence-electron chi connectivity index (χ0n) is 15.2. The van der Waals surface area contributed by atoms with E-state index >= 15 is 0 Å². The van der Waals surface area contributed by atoms with E-state index in [1.165, 1.54) is 24.3 Å². The first kappa shape index (κ1) is 21.3. The molecule has 0 saturated heterocycles. The van der Waals surface area contributed by atoms with E-state index in [9.17, 15) is 18.0 Å². The normalized spacial score (nSPS) is 10.6. The van der Waals surface area contributed by atoms with Gasteiger partial charge in [-0.25, -0.2) is 13.1 Å². The van der Waals surface area contributed by atoms with Crippen LogP contribution < -0.4 is 20.1 Å². The summed E-state index contributed by atoms with van der Waals surface area (Å²) in [5.74, 6) is -0.277. The van der Waals surface area contributed by atoms with Crippen molar-refractivity contribution in [2.45, 2.75) is 18.2 Å². The van der Waals surface area contributed by atoms with Gasteiger partial charge in [0.15, 0.2) is 5.11 Å². The lowest BCUT2D eigenvalue weighted by atomic mass is 10.1. The highest BCUT2D eigenvalue weighted by atomic mass is 32.2. The highest BCUT2D eigenvalue weighted by molar-refractivity contribution is 7.90. The van der Waals surface area contributed by atoms with Crippen molar-refractivity contribution >= 4 is 44.9 Å². The first-order chi connectivity index (χ1) is 13.2. The molecule has 0 aliphatic heterocycles. The summed E-state index contributed by atoms with van der Waals surface area (Å²) in [5, 5.41) is 5.42. The van der Waals surface area contributed by atoms with Crippen LogP contribution in [-0.4, -0.2) is 32.5 Å². The standard InChI is InChI=1S/C18H19N3O5S2/c1-12(22)21-28(24,25)16-9-5-14(6-10-16)19-18(27)20-17(23)11-13-3-7-15(26-2)8-4-13/h3-10H,11H2,1-2H3,(H,21,22)(H2,19,20,23,27). The van der Waals surface area contributed by atoms with E-state index in [1.807, 2.05) is 4.72 Å². The van der Waals surface area contributed by atoms with E-state index < -0.39 is 15.9 Å². The maximum absolute atomic E-state index is 12.1. The Bertz CT molecular complexity index is 971. The maximum atomic E-state index is 12.1. The van der Waals surface area contributed by atoms with Crippen LogP contribution >= 0.6 is 12.2 Å². The summed E-state index contributed by atoms with van der Waals surface area (Å²) in [6, 6.07) is 12.6. The molecule has 2 aromatic carbocycles. The molecular formula is C18H19N3O5S2. The van der Waals surface area contributed by atoms with Crippen molar-refractivity contribution in [1.29, 1.82) is 0 Å². The Morgan fingerprint density at radius 1 is 1.04 bits per heavy atom. The lowest BCUT2D eigenvalue weighted by Crippen LogP contribution is -2.35. The second-order valence-electron chi connectivity index (χ2n) is 5.71. The number of anilines is 1. The van der Waals surface area contributed by atoms with Crippen LogP contribution in [0.3, 0.4) is 0 Å². The molecule has 0 spiro atoms. The van der Waals surface area contributed by atoms with E-state index in [0.717, 1.165) is 12.5 Å². The molecule has 0 heterocycles. The Morgan fingerprint density at radius 3 is 2.18 bits per heavy atom. The van der Waals surface area contributed by atoms with Crippen molar-refractivity contribution in [3.63, 3.8) is 0 Å². The quantitative estimate of drug-likeness (QED) is 0.607. The molecule has 8 nitrogen and oxygen atoms in total. The molecule has 28 heavy (non-hydrogen) atoms. The number of carbonyl (C=O) groups excluding carboxylic acids is 2. The maximum Gasteiger partial charge on any atom is 0.264 e. The van der Waals surface area contributed by atoms with Gasteiger partial charge >= 0.3 is 0 Å². The number of nitrogens with one attached hydrogen (secondary N) is 3. The first-order valence-electron chi connectivity index (χ1n) is 8.07. The average Bonchev–Trinajstić information content (AvgIpc) is 2.61. The smallest absolute Gasteiger partial charge is 0.264 e. The topological polar surface area (TPSA) is 114 Å². The highest BCUT2D eigenvalue weighted by Crippen LogP contribution is 2.14. The Morgan fingerprint density at radius 2 is 1.64 bits per heavy atom. The predicted molar refractivity (Wildman–Crippen MR) is 109 cm³/mol. The van der Waals surface area contributed by atoms with Crippen LogP contribution in [0.2, 0.25) is 0 Å². The van der Waals surface area contributed by atoms with E-state index in [-0.39, 0.29) is 22.3 Å². The number of hydrogen-bond acceptors (Lipinski definition) is 6. The molecular weight excluding hydrogens is 402 g/mol. The molecule has 0 aliphatic rings. The SMILES string of the molecule is COc1ccc(CC(=O)NC(=S)Nc2ccc(S(=O)(=O)NC(C)=O)cc2)cc1. The first-order valence-corrected chi connectivity index (χ1v) is 9.96. The minimum absolute atomic E-state index is 0.0669. The third-order valence-corrected chi connectivity index (χ3v) is 5.13. The van der Waals surface area contributed by atoms with E-state index in [0.29, 0.717) is 11.4 Å². The molecule has 3 N–H and O–H groups in total. The van der Waals surface area contributed by atoms with Crippen LogP contribution in [0.1, 0.15) is 12.5 Å². The molecule has 0 unspecified atom stereocenters. The minimum atomic E-state index is -3.90. The molecule has 0 atom stereocenters. The molecule has 2 rings (SSSR count). The van der Waals surface area contributed by atoms with Crippen molar-refractivity contribution < 1.29 is 22.7 Å². The second kappa shape index (κ2) is 9.29. The number of rotatable bonds is 6. The summed E-state index contributed by atoms with van der Waals surface area (Å²) >= 11 is 5.09. The third kappa shape index (κ3) is 6.32. The molecule has 0 aliphatic carbocycles. The van der Waals surface area contributed by atoms with Gasteiger partial charge in [0.1, 0.15) is 5.75 Å². The number of thiocarbonyl (C=S) groups is 1. The minimum Gasteiger partial charge on any atom is -0.497 e. The number of methoxy groups -OCH3 is 1. The lowest BCUT2D eigenvalue weighted by molar-refractivity contribution is -0.119. The van der Waals surface area contributed by atoms with Crippen molar-refractivity contribution in [2.75, 3.05) is 12.4 Å². The molecule has 2 aromatic rings. The Hall–Kier alpha value is -2.98. The van der Waals surface area contributed by atoms with Gasteiger partial charge in [0.2, 0.25) is 11.8 Å². The van der Waals surface area contributed by atoms with Crippen LogP contribution in [0.25, 0.3) is 0 Å². The molecule has 10 heteroatoms. The third-order valence-electron chi connectivity index (χ3n) is 3.48. The molecule has 0 saturated carbocycles. The largest absolute Gasteiger partial charge is 0.497 e. The molecule has 0 radical (unpaired) electrons. The van der Waals surface area contributed by atoms with Crippen LogP contribution in [0.5, 0.6) is 5.75 Å². The van der Waals surface area contributed by atoms with Gasteiger partial charge in [-0.15, -0.1) is 0 Å². The Kier molecular flexibility index (Phi) is 7.07. The number of amides is 2. The summed E-state index contributed by atoms with van der Waals surface area (Å²) < 4.78 is 30.7. The number of sulfonamides is 1. The van der Waals surface area contributed by atoms with Crippen molar-refractivity contribution in [3.05, 3.63) is 54.1 Å². The summed E-state index contributed by atoms with van der Waals surface area (Å²) in [6.07, 6.45) is 0.139. The number of benzene rings is 2. The fourth-order valence-electron chi connectivity index (χ4n) is 2.23. The Balaban J connectivity index is 1.91. The highest BCUT2D eigenvalue weighted by Gasteiger charge is 2.15. The Labute approximate surface area is 168 Å². The second-order valence-corrected chi connectivity index (χ2v) is 7.80. The van der Waals surface area contributed by atoms with Gasteiger partial charge in [-0.2, -0.15) is 0 Å². The summed E-state index contributed by atoms with van der Waals surface area (Å²) in [7, 11) is -2.34. The van der Waals surface area contributed by atoms with Crippen LogP contribution in [0.4, 0.5) is 5.69 Å². The molecule has 2 amide bonds.